The molecule has 4 atom stereocenters. The average molecular weight is 236 g/mol. The summed E-state index contributed by atoms with van der Waals surface area (Å²) in [7, 11) is 0. The summed E-state index contributed by atoms with van der Waals surface area (Å²) in [6.07, 6.45) is 8.67. The van der Waals surface area contributed by atoms with Crippen molar-refractivity contribution in [3.63, 3.8) is 0 Å². The van der Waals surface area contributed by atoms with E-state index in [1.54, 1.807) is 0 Å². The van der Waals surface area contributed by atoms with Crippen molar-refractivity contribution in [1.29, 1.82) is 5.26 Å². The van der Waals surface area contributed by atoms with E-state index in [1.165, 1.54) is 25.7 Å². The summed E-state index contributed by atoms with van der Waals surface area (Å²) in [5.74, 6) is 0.196. The molecule has 1 heterocycles. The van der Waals surface area contributed by atoms with Gasteiger partial charge in [-0.2, -0.15) is 5.26 Å². The summed E-state index contributed by atoms with van der Waals surface area (Å²) in [4.78, 5) is 0. The molecule has 0 aromatic heterocycles. The molecule has 17 heavy (non-hydrogen) atoms. The van der Waals surface area contributed by atoms with Crippen LogP contribution >= 0.6 is 0 Å². The van der Waals surface area contributed by atoms with Gasteiger partial charge in [-0.05, 0) is 32.6 Å². The predicted molar refractivity (Wildman–Crippen MR) is 67.5 cm³/mol. The second-order valence-corrected chi connectivity index (χ2v) is 5.49. The summed E-state index contributed by atoms with van der Waals surface area (Å²) < 4.78 is 5.71. The Hall–Kier alpha value is -0.590. The predicted octanol–water partition coefficient (Wildman–Crippen LogP) is 2.62. The normalized spacial score (nSPS) is 36.1. The third-order valence-corrected chi connectivity index (χ3v) is 4.18. The number of nitrogens with zero attached hydrogens (tertiary/aromatic N) is 1. The minimum Gasteiger partial charge on any atom is -0.377 e. The molecule has 1 aliphatic heterocycles. The van der Waals surface area contributed by atoms with Crippen LogP contribution in [0.2, 0.25) is 0 Å². The van der Waals surface area contributed by atoms with Gasteiger partial charge in [0.2, 0.25) is 0 Å². The lowest BCUT2D eigenvalue weighted by atomic mass is 9.95. The van der Waals surface area contributed by atoms with Gasteiger partial charge >= 0.3 is 0 Å². The van der Waals surface area contributed by atoms with E-state index >= 15 is 0 Å². The zero-order valence-electron chi connectivity index (χ0n) is 10.8. The van der Waals surface area contributed by atoms with Crippen molar-refractivity contribution in [2.45, 2.75) is 70.1 Å². The molecule has 1 aliphatic carbocycles. The Bertz CT molecular complexity index is 268. The fourth-order valence-corrected chi connectivity index (χ4v) is 3.10. The van der Waals surface area contributed by atoms with E-state index in [-0.39, 0.29) is 5.92 Å². The van der Waals surface area contributed by atoms with Gasteiger partial charge in [0, 0.05) is 18.7 Å². The molecule has 0 aromatic carbocycles. The fraction of sp³-hybridized carbons (Fsp3) is 0.929. The first-order valence-corrected chi connectivity index (χ1v) is 7.08. The van der Waals surface area contributed by atoms with Crippen molar-refractivity contribution in [2.75, 3.05) is 6.61 Å². The molecule has 96 valence electrons. The Morgan fingerprint density at radius 1 is 1.18 bits per heavy atom. The average Bonchev–Trinajstić information content (AvgIpc) is 2.78. The maximum atomic E-state index is 9.24. The van der Waals surface area contributed by atoms with Gasteiger partial charge in [0.25, 0.3) is 0 Å². The zero-order valence-corrected chi connectivity index (χ0v) is 10.8. The van der Waals surface area contributed by atoms with E-state index in [1.807, 2.05) is 0 Å². The summed E-state index contributed by atoms with van der Waals surface area (Å²) >= 11 is 0. The molecule has 3 nitrogen and oxygen atoms in total. The first-order valence-electron chi connectivity index (χ1n) is 7.08. The van der Waals surface area contributed by atoms with Crippen molar-refractivity contribution >= 4 is 0 Å². The van der Waals surface area contributed by atoms with Gasteiger partial charge in [0.15, 0.2) is 0 Å². The number of nitrogens with one attached hydrogen (secondary N) is 1. The number of nitriles is 1. The summed E-state index contributed by atoms with van der Waals surface area (Å²) in [5, 5.41) is 12.9. The number of ether oxygens (including phenoxy) is 1. The standard InChI is InChI=1S/C14H24N2O/c1-11(14-8-5-9-17-14)16-13-7-4-2-3-6-12(13)10-15/h11-14,16H,2-9H2,1H3. The van der Waals surface area contributed by atoms with E-state index in [2.05, 4.69) is 18.3 Å². The molecular weight excluding hydrogens is 212 g/mol. The minimum atomic E-state index is 0.196. The number of rotatable bonds is 3. The van der Waals surface area contributed by atoms with E-state index in [0.717, 1.165) is 25.9 Å². The van der Waals surface area contributed by atoms with Crippen LogP contribution in [-0.2, 0) is 4.74 Å². The Balaban J connectivity index is 1.88. The first kappa shape index (κ1) is 12.9. The molecule has 0 amide bonds. The molecule has 2 rings (SSSR count). The van der Waals surface area contributed by atoms with Crippen LogP contribution in [-0.4, -0.2) is 24.8 Å². The third-order valence-electron chi connectivity index (χ3n) is 4.18. The van der Waals surface area contributed by atoms with Gasteiger partial charge in [0.1, 0.15) is 0 Å². The van der Waals surface area contributed by atoms with Gasteiger partial charge in [0.05, 0.1) is 18.1 Å². The van der Waals surface area contributed by atoms with Crippen molar-refractivity contribution in [3.8, 4) is 6.07 Å². The second kappa shape index (κ2) is 6.37. The molecular formula is C14H24N2O. The highest BCUT2D eigenvalue weighted by atomic mass is 16.5. The van der Waals surface area contributed by atoms with Gasteiger partial charge < -0.3 is 10.1 Å². The lowest BCUT2D eigenvalue weighted by Gasteiger charge is -2.28. The van der Waals surface area contributed by atoms with E-state index < -0.39 is 0 Å². The largest absolute Gasteiger partial charge is 0.377 e. The smallest absolute Gasteiger partial charge is 0.0726 e. The van der Waals surface area contributed by atoms with Gasteiger partial charge in [-0.25, -0.2) is 0 Å². The second-order valence-electron chi connectivity index (χ2n) is 5.49. The molecule has 2 aliphatic rings. The van der Waals surface area contributed by atoms with E-state index in [9.17, 15) is 5.26 Å². The molecule has 4 unspecified atom stereocenters. The molecule has 0 aromatic rings. The third kappa shape index (κ3) is 3.43. The van der Waals surface area contributed by atoms with Crippen LogP contribution in [0.15, 0.2) is 0 Å². The molecule has 1 N–H and O–H groups in total. The highest BCUT2D eigenvalue weighted by molar-refractivity contribution is 4.95. The lowest BCUT2D eigenvalue weighted by Crippen LogP contribution is -2.46. The molecule has 3 heteroatoms. The molecule has 0 radical (unpaired) electrons. The van der Waals surface area contributed by atoms with Crippen LogP contribution in [0, 0.1) is 17.2 Å². The first-order chi connectivity index (χ1) is 8.31. The van der Waals surface area contributed by atoms with Crippen molar-refractivity contribution in [3.05, 3.63) is 0 Å². The van der Waals surface area contributed by atoms with Crippen LogP contribution < -0.4 is 5.32 Å². The van der Waals surface area contributed by atoms with Gasteiger partial charge in [-0.3, -0.25) is 0 Å². The molecule has 1 saturated heterocycles. The highest BCUT2D eigenvalue weighted by Gasteiger charge is 2.28. The van der Waals surface area contributed by atoms with Gasteiger partial charge in [-0.1, -0.05) is 19.3 Å². The molecule has 0 bridgehead atoms. The SMILES string of the molecule is CC(NC1CCCCCC1C#N)C1CCCO1. The van der Waals surface area contributed by atoms with Crippen LogP contribution in [0.25, 0.3) is 0 Å². The Morgan fingerprint density at radius 3 is 2.71 bits per heavy atom. The summed E-state index contributed by atoms with van der Waals surface area (Å²) in [6, 6.07) is 3.25. The number of hydrogen-bond acceptors (Lipinski definition) is 3. The molecule has 1 saturated carbocycles. The van der Waals surface area contributed by atoms with Crippen LogP contribution in [0.4, 0.5) is 0 Å². The Kier molecular flexibility index (Phi) is 4.82. The molecule has 0 spiro atoms. The monoisotopic (exact) mass is 236 g/mol. The van der Waals surface area contributed by atoms with Crippen LogP contribution in [0.1, 0.15) is 51.9 Å². The summed E-state index contributed by atoms with van der Waals surface area (Å²) in [5.41, 5.74) is 0. The highest BCUT2D eigenvalue weighted by Crippen LogP contribution is 2.24. The maximum absolute atomic E-state index is 9.24. The van der Waals surface area contributed by atoms with Crippen LogP contribution in [0.5, 0.6) is 0 Å². The zero-order chi connectivity index (χ0) is 12.1. The molecule has 2 fully saturated rings. The van der Waals surface area contributed by atoms with Crippen molar-refractivity contribution in [1.82, 2.24) is 5.32 Å². The Morgan fingerprint density at radius 2 is 2.00 bits per heavy atom. The van der Waals surface area contributed by atoms with Crippen molar-refractivity contribution in [2.24, 2.45) is 5.92 Å². The van der Waals surface area contributed by atoms with E-state index in [4.69, 9.17) is 4.74 Å². The van der Waals surface area contributed by atoms with Crippen molar-refractivity contribution < 1.29 is 4.74 Å². The minimum absolute atomic E-state index is 0.196. The van der Waals surface area contributed by atoms with E-state index in [0.29, 0.717) is 18.2 Å². The quantitative estimate of drug-likeness (QED) is 0.766. The summed E-state index contributed by atoms with van der Waals surface area (Å²) in [6.45, 7) is 3.11. The van der Waals surface area contributed by atoms with Gasteiger partial charge in [-0.15, -0.1) is 0 Å². The fourth-order valence-electron chi connectivity index (χ4n) is 3.10. The number of hydrogen-bond donors (Lipinski definition) is 1. The lowest BCUT2D eigenvalue weighted by molar-refractivity contribution is 0.0772. The van der Waals surface area contributed by atoms with Crippen LogP contribution in [0.3, 0.4) is 0 Å². The topological polar surface area (TPSA) is 45.0 Å². The Labute approximate surface area is 105 Å². The maximum Gasteiger partial charge on any atom is 0.0726 e.